The fraction of sp³-hybridized carbons (Fsp3) is 0.250. The van der Waals surface area contributed by atoms with E-state index in [4.69, 9.17) is 4.74 Å². The first-order valence-corrected chi connectivity index (χ1v) is 7.31. The van der Waals surface area contributed by atoms with Gasteiger partial charge in [0.25, 0.3) is 0 Å². The van der Waals surface area contributed by atoms with E-state index in [1.54, 1.807) is 7.11 Å². The van der Waals surface area contributed by atoms with Crippen molar-refractivity contribution in [2.24, 2.45) is 0 Å². The van der Waals surface area contributed by atoms with E-state index in [1.807, 2.05) is 37.0 Å². The Morgan fingerprint density at radius 3 is 2.58 bits per heavy atom. The lowest BCUT2D eigenvalue weighted by Crippen LogP contribution is -2.18. The number of thioether (sulfide) groups is 1. The largest absolute Gasteiger partial charge is 0.497 e. The molecule has 2 aromatic carbocycles. The average Bonchev–Trinajstić information content (AvgIpc) is 2.49. The van der Waals surface area contributed by atoms with Gasteiger partial charge in [0.15, 0.2) is 0 Å². The van der Waals surface area contributed by atoms with Crippen molar-refractivity contribution in [3.05, 3.63) is 60.2 Å². The topological polar surface area (TPSA) is 21.3 Å². The molecule has 2 aromatic rings. The Bertz CT molecular complexity index is 501. The fourth-order valence-corrected chi connectivity index (χ4v) is 2.99. The summed E-state index contributed by atoms with van der Waals surface area (Å²) in [6, 6.07) is 19.1. The predicted molar refractivity (Wildman–Crippen MR) is 82.0 cm³/mol. The number of benzene rings is 2. The zero-order chi connectivity index (χ0) is 13.5. The molecule has 3 heteroatoms. The molecule has 0 heterocycles. The summed E-state index contributed by atoms with van der Waals surface area (Å²) >= 11 is 1.83. The van der Waals surface area contributed by atoms with Crippen molar-refractivity contribution in [2.75, 3.05) is 19.9 Å². The van der Waals surface area contributed by atoms with Crippen LogP contribution in [-0.4, -0.2) is 19.9 Å². The first-order valence-electron chi connectivity index (χ1n) is 6.32. The van der Waals surface area contributed by atoms with Crippen LogP contribution in [0.2, 0.25) is 0 Å². The van der Waals surface area contributed by atoms with Crippen molar-refractivity contribution in [3.63, 3.8) is 0 Å². The van der Waals surface area contributed by atoms with Gasteiger partial charge < -0.3 is 10.1 Å². The first kappa shape index (κ1) is 14.0. The van der Waals surface area contributed by atoms with Crippen molar-refractivity contribution in [1.29, 1.82) is 0 Å². The summed E-state index contributed by atoms with van der Waals surface area (Å²) in [6.45, 7) is 0. The number of hydrogen-bond acceptors (Lipinski definition) is 3. The highest BCUT2D eigenvalue weighted by Crippen LogP contribution is 2.27. The van der Waals surface area contributed by atoms with Crippen LogP contribution in [0.3, 0.4) is 0 Å². The van der Waals surface area contributed by atoms with Crippen LogP contribution in [0, 0.1) is 0 Å². The number of nitrogens with one attached hydrogen (secondary N) is 1. The average molecular weight is 273 g/mol. The second-order valence-corrected chi connectivity index (χ2v) is 5.34. The highest BCUT2D eigenvalue weighted by Gasteiger charge is 2.09. The maximum absolute atomic E-state index is 5.24. The van der Waals surface area contributed by atoms with Gasteiger partial charge in [-0.25, -0.2) is 0 Å². The maximum atomic E-state index is 5.24. The zero-order valence-electron chi connectivity index (χ0n) is 11.3. The van der Waals surface area contributed by atoms with Gasteiger partial charge in [0.2, 0.25) is 0 Å². The van der Waals surface area contributed by atoms with E-state index in [1.165, 1.54) is 10.5 Å². The molecule has 0 amide bonds. The number of ether oxygens (including phenoxy) is 1. The summed E-state index contributed by atoms with van der Waals surface area (Å²) in [5, 5.41) is 3.37. The molecule has 0 aliphatic rings. The third kappa shape index (κ3) is 4.01. The molecule has 19 heavy (non-hydrogen) atoms. The van der Waals surface area contributed by atoms with Gasteiger partial charge in [0.1, 0.15) is 5.75 Å². The third-order valence-electron chi connectivity index (χ3n) is 3.01. The van der Waals surface area contributed by atoms with E-state index in [-0.39, 0.29) is 0 Å². The van der Waals surface area contributed by atoms with Gasteiger partial charge in [-0.1, -0.05) is 36.4 Å². The molecule has 2 rings (SSSR count). The Hall–Kier alpha value is -1.45. The number of methoxy groups -OCH3 is 1. The van der Waals surface area contributed by atoms with Gasteiger partial charge in [0, 0.05) is 16.7 Å². The minimum Gasteiger partial charge on any atom is -0.497 e. The van der Waals surface area contributed by atoms with Gasteiger partial charge in [-0.15, -0.1) is 11.8 Å². The van der Waals surface area contributed by atoms with Crippen molar-refractivity contribution in [3.8, 4) is 5.75 Å². The molecule has 0 aliphatic carbocycles. The maximum Gasteiger partial charge on any atom is 0.119 e. The molecule has 0 spiro atoms. The third-order valence-corrected chi connectivity index (χ3v) is 4.10. The molecule has 1 atom stereocenters. The minimum atomic E-state index is 0.359. The molecule has 1 unspecified atom stereocenters. The first-order chi connectivity index (χ1) is 9.33. The van der Waals surface area contributed by atoms with Crippen LogP contribution in [0.1, 0.15) is 11.6 Å². The van der Waals surface area contributed by atoms with Crippen LogP contribution in [0.25, 0.3) is 0 Å². The summed E-state index contributed by atoms with van der Waals surface area (Å²) < 4.78 is 5.24. The SMILES string of the molecule is CNC(CSc1cccc(OC)c1)c1ccccc1. The van der Waals surface area contributed by atoms with Gasteiger partial charge in [-0.05, 0) is 30.8 Å². The normalized spacial score (nSPS) is 12.1. The second-order valence-electron chi connectivity index (χ2n) is 4.24. The Morgan fingerprint density at radius 2 is 1.89 bits per heavy atom. The van der Waals surface area contributed by atoms with Crippen LogP contribution in [0.5, 0.6) is 5.75 Å². The van der Waals surface area contributed by atoms with Gasteiger partial charge in [0.05, 0.1) is 7.11 Å². The molecule has 0 saturated heterocycles. The van der Waals surface area contributed by atoms with E-state index in [2.05, 4.69) is 41.7 Å². The Labute approximate surface area is 119 Å². The van der Waals surface area contributed by atoms with Crippen molar-refractivity contribution in [2.45, 2.75) is 10.9 Å². The van der Waals surface area contributed by atoms with Crippen LogP contribution in [0.15, 0.2) is 59.5 Å². The number of hydrogen-bond donors (Lipinski definition) is 1. The van der Waals surface area contributed by atoms with Crippen LogP contribution >= 0.6 is 11.8 Å². The molecule has 1 N–H and O–H groups in total. The monoisotopic (exact) mass is 273 g/mol. The highest BCUT2D eigenvalue weighted by atomic mass is 32.2. The predicted octanol–water partition coefficient (Wildman–Crippen LogP) is 3.75. The molecule has 0 aliphatic heterocycles. The molecule has 0 saturated carbocycles. The van der Waals surface area contributed by atoms with Crippen molar-refractivity contribution < 1.29 is 4.74 Å². The Balaban J connectivity index is 2.00. The van der Waals surface area contributed by atoms with E-state index >= 15 is 0 Å². The lowest BCUT2D eigenvalue weighted by molar-refractivity contribution is 0.413. The molecular formula is C16H19NOS. The fourth-order valence-electron chi connectivity index (χ4n) is 1.90. The summed E-state index contributed by atoms with van der Waals surface area (Å²) in [5.74, 6) is 1.90. The molecule has 0 radical (unpaired) electrons. The van der Waals surface area contributed by atoms with Gasteiger partial charge in [-0.2, -0.15) is 0 Å². The van der Waals surface area contributed by atoms with Crippen LogP contribution in [0.4, 0.5) is 0 Å². The van der Waals surface area contributed by atoms with Crippen LogP contribution in [-0.2, 0) is 0 Å². The quantitative estimate of drug-likeness (QED) is 0.810. The second kappa shape index (κ2) is 7.22. The van der Waals surface area contributed by atoms with Gasteiger partial charge in [-0.3, -0.25) is 0 Å². The minimum absolute atomic E-state index is 0.359. The van der Waals surface area contributed by atoms with E-state index < -0.39 is 0 Å². The molecule has 0 bridgehead atoms. The molecular weight excluding hydrogens is 254 g/mol. The summed E-state index contributed by atoms with van der Waals surface area (Å²) in [5.41, 5.74) is 1.32. The lowest BCUT2D eigenvalue weighted by Gasteiger charge is -2.16. The smallest absolute Gasteiger partial charge is 0.119 e. The van der Waals surface area contributed by atoms with Crippen molar-refractivity contribution >= 4 is 11.8 Å². The summed E-state index contributed by atoms with van der Waals surface area (Å²) in [7, 11) is 3.70. The van der Waals surface area contributed by atoms with E-state index in [0.717, 1.165) is 11.5 Å². The van der Waals surface area contributed by atoms with E-state index in [9.17, 15) is 0 Å². The zero-order valence-corrected chi connectivity index (χ0v) is 12.1. The summed E-state index contributed by atoms with van der Waals surface area (Å²) in [6.07, 6.45) is 0. The number of rotatable bonds is 6. The highest BCUT2D eigenvalue weighted by molar-refractivity contribution is 7.99. The molecule has 2 nitrogen and oxygen atoms in total. The molecule has 0 fully saturated rings. The molecule has 100 valence electrons. The Morgan fingerprint density at radius 1 is 1.11 bits per heavy atom. The standard InChI is InChI=1S/C16H19NOS/c1-17-16(13-7-4-3-5-8-13)12-19-15-10-6-9-14(11-15)18-2/h3-11,16-17H,12H2,1-2H3. The summed E-state index contributed by atoms with van der Waals surface area (Å²) in [4.78, 5) is 1.23. The van der Waals surface area contributed by atoms with Crippen molar-refractivity contribution in [1.82, 2.24) is 5.32 Å². The van der Waals surface area contributed by atoms with Gasteiger partial charge >= 0.3 is 0 Å². The molecule has 0 aromatic heterocycles. The lowest BCUT2D eigenvalue weighted by atomic mass is 10.1. The van der Waals surface area contributed by atoms with E-state index in [0.29, 0.717) is 6.04 Å². The van der Waals surface area contributed by atoms with Crippen LogP contribution < -0.4 is 10.1 Å². The Kier molecular flexibility index (Phi) is 5.31.